The van der Waals surface area contributed by atoms with Gasteiger partial charge in [-0.15, -0.1) is 0 Å². The van der Waals surface area contributed by atoms with Crippen LogP contribution in [-0.2, 0) is 11.3 Å². The van der Waals surface area contributed by atoms with Crippen LogP contribution in [0.3, 0.4) is 0 Å². The van der Waals surface area contributed by atoms with Crippen LogP contribution in [0.4, 0.5) is 5.69 Å². The lowest BCUT2D eigenvalue weighted by molar-refractivity contribution is -0.116. The van der Waals surface area contributed by atoms with Crippen LogP contribution < -0.4 is 15.6 Å². The van der Waals surface area contributed by atoms with Crippen molar-refractivity contribution in [3.63, 3.8) is 0 Å². The Hall–Kier alpha value is -2.67. The molecule has 2 aromatic carbocycles. The average molecular weight is 402 g/mol. The zero-order valence-electron chi connectivity index (χ0n) is 13.5. The number of aromatic nitrogens is 2. The molecule has 0 saturated carbocycles. The zero-order chi connectivity index (χ0) is 17.8. The Labute approximate surface area is 152 Å². The topological polar surface area (TPSA) is 73.2 Å². The molecule has 7 heteroatoms. The molecule has 1 N–H and O–H groups in total. The van der Waals surface area contributed by atoms with Crippen LogP contribution in [0.25, 0.3) is 10.9 Å². The van der Waals surface area contributed by atoms with Crippen molar-refractivity contribution in [1.82, 2.24) is 9.55 Å². The van der Waals surface area contributed by atoms with Gasteiger partial charge in [0, 0.05) is 4.47 Å². The maximum absolute atomic E-state index is 12.5. The summed E-state index contributed by atoms with van der Waals surface area (Å²) >= 11 is 3.34. The summed E-state index contributed by atoms with van der Waals surface area (Å²) in [6, 6.07) is 12.4. The highest BCUT2D eigenvalue weighted by Gasteiger charge is 2.11. The molecular formula is C18H16BrN3O3. The third-order valence-electron chi connectivity index (χ3n) is 3.56. The summed E-state index contributed by atoms with van der Waals surface area (Å²) in [5.74, 6) is 0.261. The first-order valence-electron chi connectivity index (χ1n) is 7.75. The summed E-state index contributed by atoms with van der Waals surface area (Å²) in [6.07, 6.45) is 1.38. The van der Waals surface area contributed by atoms with Crippen LogP contribution in [0.2, 0.25) is 0 Å². The molecule has 0 saturated heterocycles. The van der Waals surface area contributed by atoms with Gasteiger partial charge in [-0.25, -0.2) is 4.98 Å². The largest absolute Gasteiger partial charge is 0.492 e. The number of hydrogen-bond acceptors (Lipinski definition) is 4. The molecule has 25 heavy (non-hydrogen) atoms. The van der Waals surface area contributed by atoms with E-state index in [1.54, 1.807) is 30.3 Å². The predicted octanol–water partition coefficient (Wildman–Crippen LogP) is 3.20. The van der Waals surface area contributed by atoms with Crippen molar-refractivity contribution in [2.45, 2.75) is 13.5 Å². The number of anilines is 1. The fourth-order valence-electron chi connectivity index (χ4n) is 2.44. The van der Waals surface area contributed by atoms with E-state index < -0.39 is 0 Å². The van der Waals surface area contributed by atoms with Crippen molar-refractivity contribution >= 4 is 38.4 Å². The Balaban J connectivity index is 1.83. The summed E-state index contributed by atoms with van der Waals surface area (Å²) in [6.45, 7) is 2.24. The molecule has 0 unspecified atom stereocenters. The van der Waals surface area contributed by atoms with Gasteiger partial charge >= 0.3 is 0 Å². The van der Waals surface area contributed by atoms with E-state index in [1.807, 2.05) is 19.1 Å². The highest BCUT2D eigenvalue weighted by atomic mass is 79.9. The maximum atomic E-state index is 12.5. The van der Waals surface area contributed by atoms with Gasteiger partial charge in [-0.05, 0) is 37.3 Å². The Morgan fingerprint density at radius 3 is 2.88 bits per heavy atom. The lowest BCUT2D eigenvalue weighted by Crippen LogP contribution is -2.28. The number of amides is 1. The molecule has 1 aromatic heterocycles. The van der Waals surface area contributed by atoms with Gasteiger partial charge in [0.15, 0.2) is 0 Å². The number of rotatable bonds is 5. The number of carbonyl (C=O) groups excluding carboxylic acids is 1. The smallest absolute Gasteiger partial charge is 0.261 e. The monoisotopic (exact) mass is 401 g/mol. The zero-order valence-corrected chi connectivity index (χ0v) is 15.1. The van der Waals surface area contributed by atoms with Crippen molar-refractivity contribution in [2.24, 2.45) is 0 Å². The van der Waals surface area contributed by atoms with E-state index in [-0.39, 0.29) is 18.0 Å². The van der Waals surface area contributed by atoms with Crippen LogP contribution >= 0.6 is 15.9 Å². The van der Waals surface area contributed by atoms with Crippen LogP contribution in [0.1, 0.15) is 6.92 Å². The molecule has 0 spiro atoms. The summed E-state index contributed by atoms with van der Waals surface area (Å²) in [5.41, 5.74) is 0.894. The van der Waals surface area contributed by atoms with Gasteiger partial charge in [0.05, 0.1) is 29.5 Å². The van der Waals surface area contributed by atoms with Crippen molar-refractivity contribution in [3.8, 4) is 5.75 Å². The van der Waals surface area contributed by atoms with Gasteiger partial charge in [0.1, 0.15) is 12.3 Å². The maximum Gasteiger partial charge on any atom is 0.261 e. The number of halogens is 1. The second kappa shape index (κ2) is 7.48. The fourth-order valence-corrected chi connectivity index (χ4v) is 2.80. The quantitative estimate of drug-likeness (QED) is 0.712. The molecule has 0 aliphatic heterocycles. The van der Waals surface area contributed by atoms with Gasteiger partial charge in [0.2, 0.25) is 5.91 Å². The van der Waals surface area contributed by atoms with Crippen molar-refractivity contribution in [2.75, 3.05) is 11.9 Å². The highest BCUT2D eigenvalue weighted by molar-refractivity contribution is 9.10. The van der Waals surface area contributed by atoms with Gasteiger partial charge in [0.25, 0.3) is 5.56 Å². The minimum atomic E-state index is -0.328. The van der Waals surface area contributed by atoms with Crippen LogP contribution in [0.15, 0.2) is 58.1 Å². The fraction of sp³-hybridized carbons (Fsp3) is 0.167. The van der Waals surface area contributed by atoms with E-state index in [2.05, 4.69) is 26.2 Å². The molecule has 1 amide bonds. The molecule has 3 aromatic rings. The Morgan fingerprint density at radius 1 is 1.28 bits per heavy atom. The molecule has 128 valence electrons. The van der Waals surface area contributed by atoms with E-state index in [9.17, 15) is 9.59 Å². The minimum absolute atomic E-state index is 0.130. The van der Waals surface area contributed by atoms with Gasteiger partial charge < -0.3 is 10.1 Å². The van der Waals surface area contributed by atoms with E-state index in [0.29, 0.717) is 28.9 Å². The van der Waals surface area contributed by atoms with E-state index >= 15 is 0 Å². The number of nitrogens with one attached hydrogen (secondary N) is 1. The summed E-state index contributed by atoms with van der Waals surface area (Å²) < 4.78 is 7.55. The number of fused-ring (bicyclic) bond motifs is 1. The summed E-state index contributed by atoms with van der Waals surface area (Å²) in [4.78, 5) is 29.1. The Bertz CT molecular complexity index is 985. The van der Waals surface area contributed by atoms with E-state index in [1.165, 1.54) is 10.9 Å². The van der Waals surface area contributed by atoms with Gasteiger partial charge in [-0.3, -0.25) is 14.2 Å². The van der Waals surface area contributed by atoms with Crippen LogP contribution in [0.5, 0.6) is 5.75 Å². The highest BCUT2D eigenvalue weighted by Crippen LogP contribution is 2.23. The lowest BCUT2D eigenvalue weighted by Gasteiger charge is -2.12. The minimum Gasteiger partial charge on any atom is -0.492 e. The molecule has 0 fully saturated rings. The van der Waals surface area contributed by atoms with Crippen molar-refractivity contribution in [3.05, 3.63) is 63.6 Å². The van der Waals surface area contributed by atoms with Crippen LogP contribution in [-0.4, -0.2) is 22.1 Å². The number of carbonyl (C=O) groups is 1. The first-order valence-corrected chi connectivity index (χ1v) is 8.54. The van der Waals surface area contributed by atoms with E-state index in [4.69, 9.17) is 4.74 Å². The summed E-state index contributed by atoms with van der Waals surface area (Å²) in [5, 5.41) is 3.23. The first kappa shape index (κ1) is 17.2. The number of benzene rings is 2. The predicted molar refractivity (Wildman–Crippen MR) is 99.9 cm³/mol. The van der Waals surface area contributed by atoms with Gasteiger partial charge in [-0.1, -0.05) is 28.1 Å². The molecule has 0 bridgehead atoms. The number of ether oxygens (including phenoxy) is 1. The lowest BCUT2D eigenvalue weighted by atomic mass is 10.2. The van der Waals surface area contributed by atoms with Crippen molar-refractivity contribution in [1.29, 1.82) is 0 Å². The molecule has 0 aliphatic rings. The standard InChI is InChI=1S/C18H16BrN3O3/c1-2-25-16-6-4-3-5-15(16)21-17(23)10-22-11-20-14-8-7-12(19)9-13(14)18(22)24/h3-9,11H,2,10H2,1H3,(H,21,23). The molecule has 1 heterocycles. The van der Waals surface area contributed by atoms with Gasteiger partial charge in [-0.2, -0.15) is 0 Å². The molecule has 0 aliphatic carbocycles. The van der Waals surface area contributed by atoms with Crippen molar-refractivity contribution < 1.29 is 9.53 Å². The molecule has 0 atom stereocenters. The molecule has 6 nitrogen and oxygen atoms in total. The van der Waals surface area contributed by atoms with Crippen LogP contribution in [0, 0.1) is 0 Å². The number of nitrogens with zero attached hydrogens (tertiary/aromatic N) is 2. The normalized spacial score (nSPS) is 10.6. The van der Waals surface area contributed by atoms with E-state index in [0.717, 1.165) is 4.47 Å². The Morgan fingerprint density at radius 2 is 2.08 bits per heavy atom. The average Bonchev–Trinajstić information content (AvgIpc) is 2.60. The SMILES string of the molecule is CCOc1ccccc1NC(=O)Cn1cnc2ccc(Br)cc2c1=O. The molecular weight excluding hydrogens is 386 g/mol. The molecule has 3 rings (SSSR count). The molecule has 0 radical (unpaired) electrons. The third-order valence-corrected chi connectivity index (χ3v) is 4.05. The second-order valence-corrected chi connectivity index (χ2v) is 6.23. The second-order valence-electron chi connectivity index (χ2n) is 5.32. The number of para-hydroxylation sites is 2. The third kappa shape index (κ3) is 3.88. The first-order chi connectivity index (χ1) is 12.1. The Kier molecular flexibility index (Phi) is 5.14. The summed E-state index contributed by atoms with van der Waals surface area (Å²) in [7, 11) is 0. The number of hydrogen-bond donors (Lipinski definition) is 1.